The molecule has 6 rings (SSSR count). The molecule has 1 aromatic heterocycles. The molecule has 4 aromatic rings. The summed E-state index contributed by atoms with van der Waals surface area (Å²) >= 11 is 6.00. The maximum atomic E-state index is 14.1. The van der Waals surface area contributed by atoms with Gasteiger partial charge in [-0.2, -0.15) is 0 Å². The van der Waals surface area contributed by atoms with E-state index in [0.29, 0.717) is 32.9 Å². The summed E-state index contributed by atoms with van der Waals surface area (Å²) in [4.78, 5) is 54.5. The molecule has 1 saturated carbocycles. The first-order chi connectivity index (χ1) is 16.8. The van der Waals surface area contributed by atoms with Crippen molar-refractivity contribution in [3.63, 3.8) is 0 Å². The number of carbonyl (C=O) groups is 3. The quantitative estimate of drug-likeness (QED) is 0.130. The number of para-hydroxylation sites is 2. The Morgan fingerprint density at radius 2 is 1.57 bits per heavy atom. The van der Waals surface area contributed by atoms with E-state index in [1.165, 1.54) is 6.07 Å². The van der Waals surface area contributed by atoms with Crippen LogP contribution in [0.2, 0.25) is 5.02 Å². The number of halogens is 1. The van der Waals surface area contributed by atoms with Crippen molar-refractivity contribution in [3.8, 4) is 5.75 Å². The van der Waals surface area contributed by atoms with Crippen LogP contribution in [0, 0.1) is 10.8 Å². The zero-order chi connectivity index (χ0) is 24.5. The lowest BCUT2D eigenvalue weighted by Gasteiger charge is -2.22. The van der Waals surface area contributed by atoms with Crippen LogP contribution in [0.3, 0.4) is 0 Å². The molecule has 7 heteroatoms. The number of carbonyl (C=O) groups excluding carboxylic acids is 3. The highest BCUT2D eigenvalue weighted by atomic mass is 35.5. The van der Waals surface area contributed by atoms with Crippen LogP contribution in [0.1, 0.15) is 39.1 Å². The third-order valence-corrected chi connectivity index (χ3v) is 7.58. The summed E-state index contributed by atoms with van der Waals surface area (Å²) in [5.41, 5.74) is -3.38. The second-order valence-corrected chi connectivity index (χ2v) is 9.46. The molecule has 3 aromatic carbocycles. The number of esters is 1. The maximum absolute atomic E-state index is 14.1. The van der Waals surface area contributed by atoms with Crippen LogP contribution in [0.15, 0.2) is 88.1 Å². The fourth-order valence-corrected chi connectivity index (χ4v) is 5.72. The van der Waals surface area contributed by atoms with E-state index in [-0.39, 0.29) is 5.56 Å². The minimum Gasteiger partial charge on any atom is -0.425 e. The predicted octanol–water partition coefficient (Wildman–Crippen LogP) is 5.22. The summed E-state index contributed by atoms with van der Waals surface area (Å²) in [7, 11) is 0. The minimum atomic E-state index is -1.91. The molecule has 1 fully saturated rings. The standard InChI is InChI=1S/C28H17ClO6/c1-27(23(30)15-10-12-17(29)13-11-15)22-18-7-3-5-9-21(18)35-26(33)28(22,27)24(31)19-14-16-6-2-4-8-20(16)34-25(19)32/h2-14,22H,1H3/t22-,27-,28-/m0/s1. The first-order valence-corrected chi connectivity index (χ1v) is 11.4. The molecule has 2 heterocycles. The SMILES string of the molecule is C[C@@]1(C(=O)c2ccc(Cl)cc2)[C@@H]2c3ccccc3OC(=O)[C@@]21C(=O)c1cc2ccccc2oc1=O. The molecule has 0 spiro atoms. The van der Waals surface area contributed by atoms with Crippen LogP contribution in [0.5, 0.6) is 5.75 Å². The van der Waals surface area contributed by atoms with Gasteiger partial charge in [-0.1, -0.05) is 54.9 Å². The Bertz CT molecular complexity index is 1640. The summed E-state index contributed by atoms with van der Waals surface area (Å²) in [6, 6.07) is 21.2. The first-order valence-electron chi connectivity index (χ1n) is 11.0. The van der Waals surface area contributed by atoms with E-state index >= 15 is 0 Å². The lowest BCUT2D eigenvalue weighted by molar-refractivity contribution is -0.140. The van der Waals surface area contributed by atoms with E-state index in [0.717, 1.165) is 0 Å². The number of fused-ring (bicyclic) bond motifs is 4. The third-order valence-electron chi connectivity index (χ3n) is 7.32. The van der Waals surface area contributed by atoms with Crippen LogP contribution in [0.25, 0.3) is 11.0 Å². The average Bonchev–Trinajstić information content (AvgIpc) is 3.46. The van der Waals surface area contributed by atoms with Gasteiger partial charge in [0.25, 0.3) is 0 Å². The van der Waals surface area contributed by atoms with E-state index in [1.807, 2.05) is 0 Å². The Kier molecular flexibility index (Phi) is 4.44. The van der Waals surface area contributed by atoms with Crippen LogP contribution in [-0.2, 0) is 4.79 Å². The van der Waals surface area contributed by atoms with Crippen molar-refractivity contribution in [1.82, 2.24) is 0 Å². The summed E-state index contributed by atoms with van der Waals surface area (Å²) < 4.78 is 11.0. The summed E-state index contributed by atoms with van der Waals surface area (Å²) in [6.07, 6.45) is 0. The molecule has 2 aliphatic rings. The molecule has 0 saturated heterocycles. The molecule has 172 valence electrons. The number of Topliss-reactive ketones (excluding diaryl/α,β-unsaturated/α-hetero) is 2. The second kappa shape index (κ2) is 7.23. The van der Waals surface area contributed by atoms with E-state index in [2.05, 4.69) is 0 Å². The van der Waals surface area contributed by atoms with Gasteiger partial charge in [-0.25, -0.2) is 4.79 Å². The van der Waals surface area contributed by atoms with Crippen LogP contribution in [0.4, 0.5) is 0 Å². The first kappa shape index (κ1) is 21.5. The van der Waals surface area contributed by atoms with Gasteiger partial charge in [0, 0.05) is 27.5 Å². The van der Waals surface area contributed by atoms with E-state index in [1.54, 1.807) is 79.7 Å². The van der Waals surface area contributed by atoms with Crippen molar-refractivity contribution in [2.75, 3.05) is 0 Å². The van der Waals surface area contributed by atoms with Gasteiger partial charge in [0.2, 0.25) is 0 Å². The number of ether oxygens (including phenoxy) is 1. The van der Waals surface area contributed by atoms with E-state index in [9.17, 15) is 19.2 Å². The largest absolute Gasteiger partial charge is 0.425 e. The number of ketones is 2. The monoisotopic (exact) mass is 484 g/mol. The zero-order valence-corrected chi connectivity index (χ0v) is 19.2. The lowest BCUT2D eigenvalue weighted by Crippen LogP contribution is -2.40. The van der Waals surface area contributed by atoms with Gasteiger partial charge >= 0.3 is 11.6 Å². The Morgan fingerprint density at radius 3 is 2.34 bits per heavy atom. The maximum Gasteiger partial charge on any atom is 0.347 e. The van der Waals surface area contributed by atoms with Gasteiger partial charge in [0.15, 0.2) is 17.0 Å². The van der Waals surface area contributed by atoms with Gasteiger partial charge in [0.05, 0.1) is 5.41 Å². The molecule has 0 N–H and O–H groups in total. The molecular formula is C28H17ClO6. The number of hydrogen-bond donors (Lipinski definition) is 0. The Morgan fingerprint density at radius 1 is 0.886 bits per heavy atom. The van der Waals surface area contributed by atoms with Crippen molar-refractivity contribution < 1.29 is 23.5 Å². The van der Waals surface area contributed by atoms with Crippen LogP contribution < -0.4 is 10.4 Å². The number of rotatable bonds is 4. The predicted molar refractivity (Wildman–Crippen MR) is 128 cm³/mol. The molecule has 0 amide bonds. The topological polar surface area (TPSA) is 90.7 Å². The lowest BCUT2D eigenvalue weighted by atomic mass is 9.82. The molecule has 3 atom stereocenters. The number of benzene rings is 3. The van der Waals surface area contributed by atoms with E-state index < -0.39 is 39.9 Å². The highest BCUT2D eigenvalue weighted by Gasteiger charge is 2.87. The van der Waals surface area contributed by atoms with Crippen molar-refractivity contribution in [2.24, 2.45) is 10.8 Å². The molecule has 6 nitrogen and oxygen atoms in total. The highest BCUT2D eigenvalue weighted by Crippen LogP contribution is 2.79. The fraction of sp³-hybridized carbons (Fsp3) is 0.143. The van der Waals surface area contributed by atoms with Crippen LogP contribution >= 0.6 is 11.6 Å². The molecule has 35 heavy (non-hydrogen) atoms. The normalized spacial score (nSPS) is 24.3. The Labute approximate surface area is 204 Å². The molecule has 1 aliphatic heterocycles. The summed E-state index contributed by atoms with van der Waals surface area (Å²) in [5, 5.41) is 0.976. The fourth-order valence-electron chi connectivity index (χ4n) is 5.59. The van der Waals surface area contributed by atoms with Crippen molar-refractivity contribution in [3.05, 3.63) is 111 Å². The van der Waals surface area contributed by atoms with Gasteiger partial charge in [-0.15, -0.1) is 0 Å². The van der Waals surface area contributed by atoms with Gasteiger partial charge in [0.1, 0.15) is 16.9 Å². The average molecular weight is 485 g/mol. The second-order valence-electron chi connectivity index (χ2n) is 9.02. The van der Waals surface area contributed by atoms with E-state index in [4.69, 9.17) is 20.8 Å². The third kappa shape index (κ3) is 2.71. The molecular weight excluding hydrogens is 468 g/mol. The van der Waals surface area contributed by atoms with Crippen molar-refractivity contribution >= 4 is 40.1 Å². The number of hydrogen-bond acceptors (Lipinski definition) is 6. The zero-order valence-electron chi connectivity index (χ0n) is 18.4. The molecule has 0 bridgehead atoms. The Hall–Kier alpha value is -4.03. The molecule has 1 aliphatic carbocycles. The van der Waals surface area contributed by atoms with Gasteiger partial charge in [-0.05, 0) is 42.5 Å². The summed E-state index contributed by atoms with van der Waals surface area (Å²) in [5.74, 6) is -2.57. The minimum absolute atomic E-state index is 0.294. The Balaban J connectivity index is 1.58. The molecule has 0 radical (unpaired) electrons. The van der Waals surface area contributed by atoms with Crippen molar-refractivity contribution in [2.45, 2.75) is 12.8 Å². The highest BCUT2D eigenvalue weighted by molar-refractivity contribution is 6.31. The summed E-state index contributed by atoms with van der Waals surface area (Å²) in [6.45, 7) is 1.58. The molecule has 0 unspecified atom stereocenters. The van der Waals surface area contributed by atoms with Gasteiger partial charge in [-0.3, -0.25) is 14.4 Å². The van der Waals surface area contributed by atoms with Crippen molar-refractivity contribution in [1.29, 1.82) is 0 Å². The smallest absolute Gasteiger partial charge is 0.347 e. The van der Waals surface area contributed by atoms with Crippen LogP contribution in [-0.4, -0.2) is 17.5 Å². The van der Waals surface area contributed by atoms with Gasteiger partial charge < -0.3 is 9.15 Å².